The molecule has 7 nitrogen and oxygen atoms in total. The van der Waals surface area contributed by atoms with E-state index in [0.29, 0.717) is 17.2 Å². The molecule has 0 aliphatic carbocycles. The van der Waals surface area contributed by atoms with Gasteiger partial charge in [0.2, 0.25) is 0 Å². The van der Waals surface area contributed by atoms with Gasteiger partial charge in [0, 0.05) is 36.8 Å². The summed E-state index contributed by atoms with van der Waals surface area (Å²) in [6, 6.07) is 0. The maximum atomic E-state index is 12.6. The van der Waals surface area contributed by atoms with E-state index in [1.807, 2.05) is 24.2 Å². The van der Waals surface area contributed by atoms with Gasteiger partial charge in [-0.05, 0) is 26.7 Å². The Morgan fingerprint density at radius 3 is 2.81 bits per heavy atom. The molecule has 8 heteroatoms. The van der Waals surface area contributed by atoms with Gasteiger partial charge in [0.05, 0.1) is 22.9 Å². The van der Waals surface area contributed by atoms with Crippen LogP contribution in [0.15, 0.2) is 28.6 Å². The molecule has 0 bridgehead atoms. The van der Waals surface area contributed by atoms with Crippen LogP contribution in [-0.2, 0) is 6.54 Å². The molecule has 4 rings (SSSR count). The molecule has 136 valence electrons. The minimum atomic E-state index is 0.00323. The van der Waals surface area contributed by atoms with E-state index < -0.39 is 0 Å². The van der Waals surface area contributed by atoms with E-state index in [4.69, 9.17) is 4.52 Å². The summed E-state index contributed by atoms with van der Waals surface area (Å²) in [6.07, 6.45) is 7.12. The van der Waals surface area contributed by atoms with Crippen molar-refractivity contribution in [3.63, 3.8) is 0 Å². The van der Waals surface area contributed by atoms with Gasteiger partial charge >= 0.3 is 0 Å². The quantitative estimate of drug-likeness (QED) is 0.704. The SMILES string of the molecule is Cc1nc(Cn2ccnc2C2CCN(C(=O)c3conc3C)CC2)cs1. The lowest BCUT2D eigenvalue weighted by Gasteiger charge is -2.31. The van der Waals surface area contributed by atoms with Gasteiger partial charge in [0.25, 0.3) is 5.91 Å². The average molecular weight is 371 g/mol. The molecule has 1 amide bonds. The maximum Gasteiger partial charge on any atom is 0.259 e. The first-order valence-corrected chi connectivity index (χ1v) is 9.62. The number of hydrogen-bond acceptors (Lipinski definition) is 6. The molecular weight excluding hydrogens is 350 g/mol. The number of aromatic nitrogens is 4. The molecule has 0 radical (unpaired) electrons. The Morgan fingerprint density at radius 2 is 2.15 bits per heavy atom. The van der Waals surface area contributed by atoms with Crippen molar-refractivity contribution in [1.29, 1.82) is 0 Å². The number of imidazole rings is 1. The molecular formula is C18H21N5O2S. The van der Waals surface area contributed by atoms with Crippen LogP contribution in [0.25, 0.3) is 0 Å². The van der Waals surface area contributed by atoms with Crippen LogP contribution in [0.5, 0.6) is 0 Å². The Kier molecular flexibility index (Phi) is 4.58. The Balaban J connectivity index is 1.42. The predicted molar refractivity (Wildman–Crippen MR) is 97.3 cm³/mol. The lowest BCUT2D eigenvalue weighted by atomic mass is 9.95. The summed E-state index contributed by atoms with van der Waals surface area (Å²) in [5.74, 6) is 1.45. The topological polar surface area (TPSA) is 77.0 Å². The standard InChI is InChI=1S/C18H21N5O2S/c1-12-16(10-25-21-12)18(24)22-6-3-14(4-7-22)17-19-5-8-23(17)9-15-11-26-13(2)20-15/h5,8,10-11,14H,3-4,6-7,9H2,1-2H3. The van der Waals surface area contributed by atoms with Crippen molar-refractivity contribution in [1.82, 2.24) is 24.6 Å². The molecule has 1 aliphatic heterocycles. The van der Waals surface area contributed by atoms with Crippen LogP contribution >= 0.6 is 11.3 Å². The molecule has 0 aromatic carbocycles. The molecule has 26 heavy (non-hydrogen) atoms. The fourth-order valence-corrected chi connectivity index (χ4v) is 4.08. The minimum Gasteiger partial charge on any atom is -0.364 e. The van der Waals surface area contributed by atoms with E-state index in [1.54, 1.807) is 18.3 Å². The molecule has 1 saturated heterocycles. The smallest absolute Gasteiger partial charge is 0.259 e. The zero-order chi connectivity index (χ0) is 18.1. The minimum absolute atomic E-state index is 0.00323. The molecule has 0 saturated carbocycles. The summed E-state index contributed by atoms with van der Waals surface area (Å²) >= 11 is 1.67. The number of likely N-dealkylation sites (tertiary alicyclic amines) is 1. The van der Waals surface area contributed by atoms with Crippen molar-refractivity contribution in [2.24, 2.45) is 0 Å². The lowest BCUT2D eigenvalue weighted by Crippen LogP contribution is -2.38. The van der Waals surface area contributed by atoms with Crippen molar-refractivity contribution in [3.8, 4) is 0 Å². The lowest BCUT2D eigenvalue weighted by molar-refractivity contribution is 0.0709. The molecule has 3 aromatic heterocycles. The van der Waals surface area contributed by atoms with E-state index >= 15 is 0 Å². The van der Waals surface area contributed by atoms with E-state index in [0.717, 1.165) is 49.0 Å². The Bertz CT molecular complexity index is 904. The van der Waals surface area contributed by atoms with Crippen molar-refractivity contribution in [3.05, 3.63) is 51.8 Å². The van der Waals surface area contributed by atoms with E-state index in [9.17, 15) is 4.79 Å². The molecule has 4 heterocycles. The summed E-state index contributed by atoms with van der Waals surface area (Å²) in [5.41, 5.74) is 2.28. The van der Waals surface area contributed by atoms with Crippen molar-refractivity contribution in [2.75, 3.05) is 13.1 Å². The molecule has 1 aliphatic rings. The molecule has 0 atom stereocenters. The van der Waals surface area contributed by atoms with Crippen molar-refractivity contribution in [2.45, 2.75) is 39.2 Å². The Labute approximate surface area is 155 Å². The second kappa shape index (κ2) is 7.03. The third-order valence-corrected chi connectivity index (χ3v) is 5.70. The van der Waals surface area contributed by atoms with Crippen LogP contribution in [0.1, 0.15) is 51.3 Å². The molecule has 0 spiro atoms. The second-order valence-electron chi connectivity index (χ2n) is 6.65. The third kappa shape index (κ3) is 3.29. The predicted octanol–water partition coefficient (Wildman–Crippen LogP) is 3.01. The second-order valence-corrected chi connectivity index (χ2v) is 7.71. The van der Waals surface area contributed by atoms with Crippen LogP contribution in [-0.4, -0.2) is 43.6 Å². The number of aryl methyl sites for hydroxylation is 2. The van der Waals surface area contributed by atoms with Crippen LogP contribution in [0.3, 0.4) is 0 Å². The summed E-state index contributed by atoms with van der Waals surface area (Å²) in [7, 11) is 0. The van der Waals surface area contributed by atoms with E-state index in [1.165, 1.54) is 6.26 Å². The number of piperidine rings is 1. The highest BCUT2D eigenvalue weighted by Crippen LogP contribution is 2.28. The van der Waals surface area contributed by atoms with Gasteiger partial charge in [-0.1, -0.05) is 5.16 Å². The molecule has 0 N–H and O–H groups in total. The fourth-order valence-electron chi connectivity index (χ4n) is 3.48. The van der Waals surface area contributed by atoms with Gasteiger partial charge in [-0.25, -0.2) is 9.97 Å². The number of carbonyl (C=O) groups excluding carboxylic acids is 1. The first-order chi connectivity index (χ1) is 12.6. The summed E-state index contributed by atoms with van der Waals surface area (Å²) in [6.45, 7) is 6.00. The van der Waals surface area contributed by atoms with Crippen molar-refractivity contribution < 1.29 is 9.32 Å². The summed E-state index contributed by atoms with van der Waals surface area (Å²) in [4.78, 5) is 23.6. The largest absolute Gasteiger partial charge is 0.364 e. The van der Waals surface area contributed by atoms with Crippen LogP contribution in [0, 0.1) is 13.8 Å². The fraction of sp³-hybridized carbons (Fsp3) is 0.444. The van der Waals surface area contributed by atoms with Crippen molar-refractivity contribution >= 4 is 17.2 Å². The Morgan fingerprint density at radius 1 is 1.35 bits per heavy atom. The molecule has 1 fully saturated rings. The zero-order valence-corrected chi connectivity index (χ0v) is 15.7. The van der Waals surface area contributed by atoms with Gasteiger partial charge in [-0.15, -0.1) is 11.3 Å². The number of thiazole rings is 1. The van der Waals surface area contributed by atoms with E-state index in [2.05, 4.69) is 25.1 Å². The van der Waals surface area contributed by atoms with Gasteiger partial charge < -0.3 is 14.0 Å². The normalized spacial score (nSPS) is 15.5. The number of nitrogens with zero attached hydrogens (tertiary/aromatic N) is 5. The zero-order valence-electron chi connectivity index (χ0n) is 14.9. The molecule has 3 aromatic rings. The Hall–Kier alpha value is -2.48. The number of hydrogen-bond donors (Lipinski definition) is 0. The number of amides is 1. The maximum absolute atomic E-state index is 12.6. The van der Waals surface area contributed by atoms with Crippen LogP contribution in [0.4, 0.5) is 0 Å². The van der Waals surface area contributed by atoms with Gasteiger partial charge in [-0.3, -0.25) is 4.79 Å². The summed E-state index contributed by atoms with van der Waals surface area (Å²) in [5, 5.41) is 6.98. The van der Waals surface area contributed by atoms with Crippen LogP contribution in [0.2, 0.25) is 0 Å². The summed E-state index contributed by atoms with van der Waals surface area (Å²) < 4.78 is 7.08. The first-order valence-electron chi connectivity index (χ1n) is 8.74. The van der Waals surface area contributed by atoms with Gasteiger partial charge in [0.1, 0.15) is 17.7 Å². The highest BCUT2D eigenvalue weighted by atomic mass is 32.1. The monoisotopic (exact) mass is 371 g/mol. The third-order valence-electron chi connectivity index (χ3n) is 4.87. The average Bonchev–Trinajstić information content (AvgIpc) is 3.37. The molecule has 0 unspecified atom stereocenters. The number of carbonyl (C=O) groups is 1. The first kappa shape index (κ1) is 17.0. The highest BCUT2D eigenvalue weighted by Gasteiger charge is 2.28. The van der Waals surface area contributed by atoms with E-state index in [-0.39, 0.29) is 5.91 Å². The highest BCUT2D eigenvalue weighted by molar-refractivity contribution is 7.09. The van der Waals surface area contributed by atoms with Gasteiger partial charge in [0.15, 0.2) is 0 Å². The number of rotatable bonds is 4. The van der Waals surface area contributed by atoms with Crippen LogP contribution < -0.4 is 0 Å². The van der Waals surface area contributed by atoms with Gasteiger partial charge in [-0.2, -0.15) is 0 Å².